The Kier molecular flexibility index (Phi) is 2.73. The van der Waals surface area contributed by atoms with Crippen molar-refractivity contribution in [1.82, 2.24) is 19.5 Å². The second kappa shape index (κ2) is 4.18. The highest BCUT2D eigenvalue weighted by Crippen LogP contribution is 2.13. The summed E-state index contributed by atoms with van der Waals surface area (Å²) in [5, 5.41) is 9.86. The standard InChI is InChI=1S/C10H12N4O/c1-14-5-4-13-10(14)6-9(15)8-7-11-2-3-12-8/h2-5,7,9,15H,6H2,1H3. The molecule has 0 spiro atoms. The van der Waals surface area contributed by atoms with E-state index >= 15 is 0 Å². The van der Waals surface area contributed by atoms with E-state index in [-0.39, 0.29) is 0 Å². The molecule has 0 bridgehead atoms. The zero-order valence-corrected chi connectivity index (χ0v) is 8.41. The zero-order valence-electron chi connectivity index (χ0n) is 8.41. The second-order valence-electron chi connectivity index (χ2n) is 3.30. The summed E-state index contributed by atoms with van der Waals surface area (Å²) in [6.07, 6.45) is 8.06. The predicted octanol–water partition coefficient (Wildman–Crippen LogP) is 0.486. The van der Waals surface area contributed by atoms with Gasteiger partial charge < -0.3 is 9.67 Å². The fraction of sp³-hybridized carbons (Fsp3) is 0.300. The van der Waals surface area contributed by atoms with Crippen LogP contribution < -0.4 is 0 Å². The number of aromatic nitrogens is 4. The summed E-state index contributed by atoms with van der Waals surface area (Å²) >= 11 is 0. The van der Waals surface area contributed by atoms with Crippen LogP contribution in [0.2, 0.25) is 0 Å². The van der Waals surface area contributed by atoms with Gasteiger partial charge in [-0.05, 0) is 0 Å². The Labute approximate surface area is 87.5 Å². The molecule has 1 atom stereocenters. The number of imidazole rings is 1. The van der Waals surface area contributed by atoms with Gasteiger partial charge in [-0.25, -0.2) is 4.98 Å². The molecular formula is C10H12N4O. The van der Waals surface area contributed by atoms with Crippen molar-refractivity contribution in [3.63, 3.8) is 0 Å². The molecule has 5 heteroatoms. The zero-order chi connectivity index (χ0) is 10.7. The summed E-state index contributed by atoms with van der Waals surface area (Å²) in [5.74, 6) is 0.827. The molecule has 0 fully saturated rings. The molecular weight excluding hydrogens is 192 g/mol. The molecule has 0 saturated carbocycles. The molecule has 5 nitrogen and oxygen atoms in total. The number of aliphatic hydroxyl groups is 1. The molecule has 0 amide bonds. The molecule has 1 unspecified atom stereocenters. The van der Waals surface area contributed by atoms with Crippen molar-refractivity contribution in [2.24, 2.45) is 7.05 Å². The van der Waals surface area contributed by atoms with Crippen molar-refractivity contribution in [2.75, 3.05) is 0 Å². The minimum Gasteiger partial charge on any atom is -0.386 e. The summed E-state index contributed by atoms with van der Waals surface area (Å²) in [6, 6.07) is 0. The number of hydrogen-bond acceptors (Lipinski definition) is 4. The largest absolute Gasteiger partial charge is 0.386 e. The SMILES string of the molecule is Cn1ccnc1CC(O)c1cnccn1. The Balaban J connectivity index is 2.11. The molecule has 0 aliphatic carbocycles. The van der Waals surface area contributed by atoms with E-state index in [2.05, 4.69) is 15.0 Å². The van der Waals surface area contributed by atoms with Gasteiger partial charge >= 0.3 is 0 Å². The third-order valence-electron chi connectivity index (χ3n) is 2.22. The summed E-state index contributed by atoms with van der Waals surface area (Å²) < 4.78 is 1.87. The molecule has 2 aromatic heterocycles. The van der Waals surface area contributed by atoms with Crippen LogP contribution in [0.15, 0.2) is 31.0 Å². The lowest BCUT2D eigenvalue weighted by Gasteiger charge is -2.08. The van der Waals surface area contributed by atoms with Gasteiger partial charge in [0.1, 0.15) is 11.9 Å². The quantitative estimate of drug-likeness (QED) is 0.790. The van der Waals surface area contributed by atoms with Crippen LogP contribution in [-0.4, -0.2) is 24.6 Å². The molecule has 15 heavy (non-hydrogen) atoms. The smallest absolute Gasteiger partial charge is 0.111 e. The van der Waals surface area contributed by atoms with Crippen molar-refractivity contribution in [3.05, 3.63) is 42.5 Å². The lowest BCUT2D eigenvalue weighted by molar-refractivity contribution is 0.169. The van der Waals surface area contributed by atoms with Gasteiger partial charge in [0.15, 0.2) is 0 Å². The minimum absolute atomic E-state index is 0.447. The van der Waals surface area contributed by atoms with Crippen molar-refractivity contribution in [1.29, 1.82) is 0 Å². The molecule has 0 aliphatic rings. The molecule has 0 radical (unpaired) electrons. The Hall–Kier alpha value is -1.75. The van der Waals surface area contributed by atoms with Crippen LogP contribution in [0.3, 0.4) is 0 Å². The summed E-state index contributed by atoms with van der Waals surface area (Å²) in [5.41, 5.74) is 0.570. The summed E-state index contributed by atoms with van der Waals surface area (Å²) in [7, 11) is 1.89. The molecule has 2 aromatic rings. The van der Waals surface area contributed by atoms with E-state index in [4.69, 9.17) is 0 Å². The summed E-state index contributed by atoms with van der Waals surface area (Å²) in [4.78, 5) is 12.1. The lowest BCUT2D eigenvalue weighted by atomic mass is 10.2. The second-order valence-corrected chi connectivity index (χ2v) is 3.30. The van der Waals surface area contributed by atoms with Gasteiger partial charge in [0.25, 0.3) is 0 Å². The highest BCUT2D eigenvalue weighted by atomic mass is 16.3. The average molecular weight is 204 g/mol. The maximum absolute atomic E-state index is 9.86. The molecule has 0 saturated heterocycles. The maximum Gasteiger partial charge on any atom is 0.111 e. The molecule has 2 rings (SSSR count). The van der Waals surface area contributed by atoms with Crippen LogP contribution >= 0.6 is 0 Å². The van der Waals surface area contributed by atoms with Gasteiger partial charge in [-0.1, -0.05) is 0 Å². The van der Waals surface area contributed by atoms with Crippen LogP contribution in [0.4, 0.5) is 0 Å². The first-order valence-electron chi connectivity index (χ1n) is 4.67. The van der Waals surface area contributed by atoms with E-state index in [9.17, 15) is 5.11 Å². The average Bonchev–Trinajstić information content (AvgIpc) is 2.66. The highest BCUT2D eigenvalue weighted by Gasteiger charge is 2.12. The number of hydrogen-bond donors (Lipinski definition) is 1. The Bertz CT molecular complexity index is 426. The molecule has 1 N–H and O–H groups in total. The third-order valence-corrected chi connectivity index (χ3v) is 2.22. The van der Waals surface area contributed by atoms with Crippen LogP contribution in [0.5, 0.6) is 0 Å². The van der Waals surface area contributed by atoms with Crippen LogP contribution in [0, 0.1) is 0 Å². The third kappa shape index (κ3) is 2.19. The van der Waals surface area contributed by atoms with Gasteiger partial charge in [0, 0.05) is 38.3 Å². The van der Waals surface area contributed by atoms with Crippen LogP contribution in [0.1, 0.15) is 17.6 Å². The molecule has 78 valence electrons. The van der Waals surface area contributed by atoms with Crippen molar-refractivity contribution >= 4 is 0 Å². The van der Waals surface area contributed by atoms with Gasteiger partial charge in [-0.2, -0.15) is 0 Å². The Morgan fingerprint density at radius 2 is 2.20 bits per heavy atom. The highest BCUT2D eigenvalue weighted by molar-refractivity contribution is 5.03. The number of aliphatic hydroxyl groups excluding tert-OH is 1. The first-order chi connectivity index (χ1) is 7.27. The minimum atomic E-state index is -0.653. The molecule has 0 aliphatic heterocycles. The molecule has 2 heterocycles. The van der Waals surface area contributed by atoms with E-state index in [1.165, 1.54) is 0 Å². The maximum atomic E-state index is 9.86. The fourth-order valence-corrected chi connectivity index (χ4v) is 1.35. The monoisotopic (exact) mass is 204 g/mol. The van der Waals surface area contributed by atoms with Gasteiger partial charge in [-0.15, -0.1) is 0 Å². The first kappa shape index (κ1) is 9.79. The Morgan fingerprint density at radius 3 is 2.80 bits per heavy atom. The Morgan fingerprint density at radius 1 is 1.33 bits per heavy atom. The number of rotatable bonds is 3. The predicted molar refractivity (Wildman–Crippen MR) is 53.9 cm³/mol. The van der Waals surface area contributed by atoms with Crippen molar-refractivity contribution < 1.29 is 5.11 Å². The van der Waals surface area contributed by atoms with E-state index in [1.807, 2.05) is 17.8 Å². The number of nitrogens with zero attached hydrogens (tertiary/aromatic N) is 4. The topological polar surface area (TPSA) is 63.8 Å². The van der Waals surface area contributed by atoms with Crippen molar-refractivity contribution in [3.8, 4) is 0 Å². The van der Waals surface area contributed by atoms with E-state index in [1.54, 1.807) is 24.8 Å². The van der Waals surface area contributed by atoms with E-state index in [0.29, 0.717) is 12.1 Å². The van der Waals surface area contributed by atoms with Crippen molar-refractivity contribution in [2.45, 2.75) is 12.5 Å². The fourth-order valence-electron chi connectivity index (χ4n) is 1.35. The van der Waals surface area contributed by atoms with Gasteiger partial charge in [0.2, 0.25) is 0 Å². The normalized spacial score (nSPS) is 12.7. The van der Waals surface area contributed by atoms with Gasteiger partial charge in [-0.3, -0.25) is 9.97 Å². The van der Waals surface area contributed by atoms with Crippen LogP contribution in [0.25, 0.3) is 0 Å². The van der Waals surface area contributed by atoms with E-state index < -0.39 is 6.10 Å². The molecule has 0 aromatic carbocycles. The van der Waals surface area contributed by atoms with Gasteiger partial charge in [0.05, 0.1) is 11.9 Å². The lowest BCUT2D eigenvalue weighted by Crippen LogP contribution is -2.08. The first-order valence-corrected chi connectivity index (χ1v) is 4.67. The van der Waals surface area contributed by atoms with E-state index in [0.717, 1.165) is 5.82 Å². The summed E-state index contributed by atoms with van der Waals surface area (Å²) in [6.45, 7) is 0. The van der Waals surface area contributed by atoms with Crippen LogP contribution in [-0.2, 0) is 13.5 Å². The number of aryl methyl sites for hydroxylation is 1.